The van der Waals surface area contributed by atoms with E-state index in [-0.39, 0.29) is 37.2 Å². The molecule has 1 aromatic heterocycles. The van der Waals surface area contributed by atoms with E-state index in [1.165, 1.54) is 18.1 Å². The zero-order valence-corrected chi connectivity index (χ0v) is 25.6. The molecule has 1 aliphatic carbocycles. The first kappa shape index (κ1) is 32.2. The van der Waals surface area contributed by atoms with Gasteiger partial charge in [0.15, 0.2) is 12.4 Å². The highest BCUT2D eigenvalue weighted by molar-refractivity contribution is 5.96. The first-order valence-corrected chi connectivity index (χ1v) is 15.3. The van der Waals surface area contributed by atoms with Gasteiger partial charge in [0.05, 0.1) is 7.11 Å². The Morgan fingerprint density at radius 1 is 0.935 bits per heavy atom. The highest BCUT2D eigenvalue weighted by atomic mass is 16.5. The fourth-order valence-electron chi connectivity index (χ4n) is 5.49. The molecular weight excluding hydrogens is 594 g/mol. The summed E-state index contributed by atoms with van der Waals surface area (Å²) in [7, 11) is 1.31. The van der Waals surface area contributed by atoms with Gasteiger partial charge in [-0.15, -0.1) is 0 Å². The zero-order valence-electron chi connectivity index (χ0n) is 25.6. The molecule has 0 bridgehead atoms. The Labute approximate surface area is 266 Å². The Bertz CT molecular complexity index is 1520. The van der Waals surface area contributed by atoms with Crippen LogP contribution in [0.2, 0.25) is 0 Å². The molecule has 1 unspecified atom stereocenters. The molecule has 2 aliphatic rings. The third-order valence-electron chi connectivity index (χ3n) is 7.91. The summed E-state index contributed by atoms with van der Waals surface area (Å²) in [6, 6.07) is 16.5. The summed E-state index contributed by atoms with van der Waals surface area (Å²) in [5.74, 6) is -0.986. The molecule has 1 saturated heterocycles. The maximum Gasteiger partial charge on any atom is 0.409 e. The molecule has 2 fully saturated rings. The fraction of sp³-hybridized carbons (Fsp3) is 0.394. The summed E-state index contributed by atoms with van der Waals surface area (Å²) in [6.07, 6.45) is 3.64. The second-order valence-electron chi connectivity index (χ2n) is 11.1. The van der Waals surface area contributed by atoms with Crippen LogP contribution in [0.15, 0.2) is 60.7 Å². The monoisotopic (exact) mass is 631 g/mol. The maximum absolute atomic E-state index is 13.9. The van der Waals surface area contributed by atoms with E-state index in [4.69, 9.17) is 19.3 Å². The largest absolute Gasteiger partial charge is 0.482 e. The number of carboxylic acids is 1. The van der Waals surface area contributed by atoms with E-state index in [9.17, 15) is 19.2 Å². The lowest BCUT2D eigenvalue weighted by Gasteiger charge is -2.35. The summed E-state index contributed by atoms with van der Waals surface area (Å²) in [5.41, 5.74) is 1.50. The topological polar surface area (TPSA) is 160 Å². The van der Waals surface area contributed by atoms with Gasteiger partial charge in [0, 0.05) is 44.2 Å². The second kappa shape index (κ2) is 15.2. The van der Waals surface area contributed by atoms with Crippen molar-refractivity contribution < 1.29 is 38.5 Å². The van der Waals surface area contributed by atoms with Gasteiger partial charge in [-0.2, -0.15) is 4.98 Å². The normalized spacial score (nSPS) is 15.6. The molecule has 3 amide bonds. The van der Waals surface area contributed by atoms with Crippen LogP contribution in [0.5, 0.6) is 11.6 Å². The Morgan fingerprint density at radius 2 is 1.61 bits per heavy atom. The molecule has 5 rings (SSSR count). The number of piperazine rings is 1. The van der Waals surface area contributed by atoms with Crippen molar-refractivity contribution in [2.45, 2.75) is 44.2 Å². The molecule has 3 aromatic rings. The number of hydrogen-bond donors (Lipinski definition) is 2. The van der Waals surface area contributed by atoms with Gasteiger partial charge in [0.2, 0.25) is 11.8 Å². The van der Waals surface area contributed by atoms with E-state index < -0.39 is 30.6 Å². The van der Waals surface area contributed by atoms with Gasteiger partial charge in [-0.1, -0.05) is 42.5 Å². The molecule has 0 radical (unpaired) electrons. The van der Waals surface area contributed by atoms with Crippen molar-refractivity contribution in [3.63, 3.8) is 0 Å². The minimum Gasteiger partial charge on any atom is -0.482 e. The van der Waals surface area contributed by atoms with Gasteiger partial charge in [-0.05, 0) is 43.4 Å². The van der Waals surface area contributed by atoms with Crippen molar-refractivity contribution >= 4 is 23.9 Å². The minimum atomic E-state index is -1.10. The summed E-state index contributed by atoms with van der Waals surface area (Å²) in [6.45, 7) is 0.650. The second-order valence-corrected chi connectivity index (χ2v) is 11.1. The van der Waals surface area contributed by atoms with E-state index in [0.717, 1.165) is 31.2 Å². The lowest BCUT2D eigenvalue weighted by Crippen LogP contribution is -2.56. The highest BCUT2D eigenvalue weighted by Crippen LogP contribution is 2.26. The lowest BCUT2D eigenvalue weighted by atomic mass is 10.0. The van der Waals surface area contributed by atoms with Crippen LogP contribution in [0, 0.1) is 0 Å². The van der Waals surface area contributed by atoms with E-state index in [0.29, 0.717) is 36.1 Å². The molecule has 1 saturated carbocycles. The Morgan fingerprint density at radius 3 is 2.26 bits per heavy atom. The molecule has 13 heteroatoms. The number of aromatic nitrogens is 2. The first-order chi connectivity index (χ1) is 22.3. The maximum atomic E-state index is 13.9. The average Bonchev–Trinajstić information content (AvgIpc) is 3.60. The summed E-state index contributed by atoms with van der Waals surface area (Å²) in [4.78, 5) is 62.8. The van der Waals surface area contributed by atoms with Crippen LogP contribution in [-0.2, 0) is 20.7 Å². The van der Waals surface area contributed by atoms with E-state index in [1.54, 1.807) is 29.2 Å². The van der Waals surface area contributed by atoms with E-state index in [2.05, 4.69) is 15.3 Å². The number of methoxy groups -OCH3 is 1. The lowest BCUT2D eigenvalue weighted by molar-refractivity contribution is -0.139. The quantitative estimate of drug-likeness (QED) is 0.322. The summed E-state index contributed by atoms with van der Waals surface area (Å²) in [5, 5.41) is 11.8. The number of nitrogens with one attached hydrogen (secondary N) is 1. The van der Waals surface area contributed by atoms with Crippen molar-refractivity contribution in [1.82, 2.24) is 25.1 Å². The molecule has 1 aliphatic heterocycles. The van der Waals surface area contributed by atoms with Crippen LogP contribution >= 0.6 is 0 Å². The van der Waals surface area contributed by atoms with Gasteiger partial charge in [-0.3, -0.25) is 9.59 Å². The highest BCUT2D eigenvalue weighted by Gasteiger charge is 2.31. The van der Waals surface area contributed by atoms with Crippen LogP contribution in [0.25, 0.3) is 11.4 Å². The van der Waals surface area contributed by atoms with Gasteiger partial charge in [0.1, 0.15) is 23.6 Å². The smallest absolute Gasteiger partial charge is 0.409 e. The number of rotatable bonds is 11. The summed E-state index contributed by atoms with van der Waals surface area (Å²) >= 11 is 0. The van der Waals surface area contributed by atoms with Gasteiger partial charge < -0.3 is 34.4 Å². The number of hydrogen-bond acceptors (Lipinski definition) is 9. The van der Waals surface area contributed by atoms with Crippen molar-refractivity contribution in [2.75, 3.05) is 39.9 Å². The number of carbonyl (C=O) groups excluding carboxylic acids is 3. The number of benzene rings is 2. The van der Waals surface area contributed by atoms with Crippen LogP contribution < -0.4 is 14.8 Å². The minimum absolute atomic E-state index is 0.00914. The van der Waals surface area contributed by atoms with Crippen LogP contribution in [-0.4, -0.2) is 101 Å². The number of ether oxygens (including phenoxy) is 3. The molecule has 2 heterocycles. The molecule has 2 N–H and O–H groups in total. The van der Waals surface area contributed by atoms with E-state index in [1.807, 2.05) is 30.3 Å². The molecule has 2 aromatic carbocycles. The first-order valence-electron chi connectivity index (χ1n) is 15.3. The van der Waals surface area contributed by atoms with Gasteiger partial charge >= 0.3 is 12.1 Å². The number of nitrogens with zero attached hydrogens (tertiary/aromatic N) is 4. The Balaban J connectivity index is 1.38. The fourth-order valence-corrected chi connectivity index (χ4v) is 5.49. The standard InChI is InChI=1S/C33H37N5O8/c1-44-33(43)38-17-15-37(16-18-38)32(42)27(19-22-11-13-24(14-12-22)45-21-29(39)40)35-31(41)26-20-28(46-25-9-5-6-10-25)36-30(34-26)23-7-3-2-4-8-23/h2-4,7-8,11-14,20,25,27H,5-6,9-10,15-19,21H2,1H3,(H,35,41)(H,39,40). The molecule has 46 heavy (non-hydrogen) atoms. The average molecular weight is 632 g/mol. The molecule has 0 spiro atoms. The van der Waals surface area contributed by atoms with Gasteiger partial charge in [0.25, 0.3) is 5.91 Å². The Hall–Kier alpha value is -5.20. The third kappa shape index (κ3) is 8.49. The zero-order chi connectivity index (χ0) is 32.5. The van der Waals surface area contributed by atoms with E-state index >= 15 is 0 Å². The summed E-state index contributed by atoms with van der Waals surface area (Å²) < 4.78 is 16.2. The van der Waals surface area contributed by atoms with Crippen molar-refractivity contribution in [3.05, 3.63) is 71.9 Å². The SMILES string of the molecule is COC(=O)N1CCN(C(=O)C(Cc2ccc(OCC(=O)O)cc2)NC(=O)c2cc(OC3CCCC3)nc(-c3ccccc3)n2)CC1. The number of amides is 3. The predicted octanol–water partition coefficient (Wildman–Crippen LogP) is 3.18. The number of carbonyl (C=O) groups is 4. The van der Waals surface area contributed by atoms with Crippen LogP contribution in [0.3, 0.4) is 0 Å². The van der Waals surface area contributed by atoms with Crippen molar-refractivity contribution in [3.8, 4) is 23.0 Å². The predicted molar refractivity (Wildman–Crippen MR) is 165 cm³/mol. The molecule has 13 nitrogen and oxygen atoms in total. The van der Waals surface area contributed by atoms with Gasteiger partial charge in [-0.25, -0.2) is 14.6 Å². The van der Waals surface area contributed by atoms with Crippen LogP contribution in [0.4, 0.5) is 4.79 Å². The number of aliphatic carboxylic acids is 1. The molecule has 242 valence electrons. The Kier molecular flexibility index (Phi) is 10.6. The van der Waals surface area contributed by atoms with Crippen molar-refractivity contribution in [1.29, 1.82) is 0 Å². The molecule has 1 atom stereocenters. The van der Waals surface area contributed by atoms with Crippen molar-refractivity contribution in [2.24, 2.45) is 0 Å². The number of carboxylic acid groups (broad SMARTS) is 1. The third-order valence-corrected chi connectivity index (χ3v) is 7.91. The van der Waals surface area contributed by atoms with Crippen LogP contribution in [0.1, 0.15) is 41.7 Å². The molecular formula is C33H37N5O8.